The van der Waals surface area contributed by atoms with Crippen LogP contribution < -0.4 is 0 Å². The van der Waals surface area contributed by atoms with E-state index in [0.717, 1.165) is 12.0 Å². The Bertz CT molecular complexity index is 384. The van der Waals surface area contributed by atoms with Crippen molar-refractivity contribution in [2.75, 3.05) is 13.6 Å². The zero-order valence-electron chi connectivity index (χ0n) is 9.79. The summed E-state index contributed by atoms with van der Waals surface area (Å²) in [5, 5.41) is 2.28. The summed E-state index contributed by atoms with van der Waals surface area (Å²) < 4.78 is 0. The fraction of sp³-hybridized carbons (Fsp3) is 0.692. The van der Waals surface area contributed by atoms with Gasteiger partial charge in [-0.25, -0.2) is 0 Å². The van der Waals surface area contributed by atoms with E-state index >= 15 is 0 Å². The maximum atomic E-state index is 2.56. The lowest BCUT2D eigenvalue weighted by molar-refractivity contribution is 0.0521. The van der Waals surface area contributed by atoms with Crippen molar-refractivity contribution in [3.8, 4) is 0 Å². The second-order valence-electron chi connectivity index (χ2n) is 5.47. The van der Waals surface area contributed by atoms with Crippen LogP contribution in [-0.2, 0) is 11.8 Å². The van der Waals surface area contributed by atoms with Crippen molar-refractivity contribution in [1.29, 1.82) is 0 Å². The zero-order valence-corrected chi connectivity index (χ0v) is 10.6. The minimum atomic E-state index is 0.449. The summed E-state index contributed by atoms with van der Waals surface area (Å²) in [6.07, 6.45) is 2.60. The maximum Gasteiger partial charge on any atom is 0.0175 e. The molecule has 2 heteroatoms. The van der Waals surface area contributed by atoms with Gasteiger partial charge in [-0.1, -0.05) is 13.8 Å². The molecule has 82 valence electrons. The van der Waals surface area contributed by atoms with E-state index < -0.39 is 0 Å². The molecule has 15 heavy (non-hydrogen) atoms. The Hall–Kier alpha value is -0.340. The molecular weight excluding hydrogens is 202 g/mol. The molecule has 2 heterocycles. The van der Waals surface area contributed by atoms with Crippen LogP contribution in [0, 0.1) is 5.92 Å². The van der Waals surface area contributed by atoms with Gasteiger partial charge in [0.25, 0.3) is 0 Å². The first-order valence-corrected chi connectivity index (χ1v) is 6.78. The van der Waals surface area contributed by atoms with Crippen LogP contribution in [0.15, 0.2) is 11.4 Å². The quantitative estimate of drug-likeness (QED) is 0.651. The summed E-state index contributed by atoms with van der Waals surface area (Å²) in [5.74, 6) is 0.804. The Balaban J connectivity index is 2.13. The van der Waals surface area contributed by atoms with Gasteiger partial charge in [0.2, 0.25) is 0 Å². The van der Waals surface area contributed by atoms with Gasteiger partial charge in [0.05, 0.1) is 0 Å². The lowest BCUT2D eigenvalue weighted by Crippen LogP contribution is -2.56. The normalized spacial score (nSPS) is 40.2. The van der Waals surface area contributed by atoms with Crippen molar-refractivity contribution >= 4 is 11.3 Å². The highest BCUT2D eigenvalue weighted by molar-refractivity contribution is 7.10. The summed E-state index contributed by atoms with van der Waals surface area (Å²) in [6.45, 7) is 6.18. The third-order valence-electron chi connectivity index (χ3n) is 4.89. The number of piperidine rings is 1. The standard InChI is InChI=1S/C13H19NS/c1-9-11-8-12-10(4-7-15-12)13(9,2)5-6-14(11)3/h4,7,9,11H,5-6,8H2,1-3H3/t9-,11?,13-/m1/s1. The number of likely N-dealkylation sites (N-methyl/N-ethyl adjacent to an activating group) is 1. The van der Waals surface area contributed by atoms with Gasteiger partial charge < -0.3 is 4.90 Å². The summed E-state index contributed by atoms with van der Waals surface area (Å²) in [7, 11) is 2.29. The van der Waals surface area contributed by atoms with Crippen LogP contribution in [0.1, 0.15) is 30.7 Å². The summed E-state index contributed by atoms with van der Waals surface area (Å²) in [6, 6.07) is 3.15. The number of hydrogen-bond donors (Lipinski definition) is 0. The average molecular weight is 221 g/mol. The van der Waals surface area contributed by atoms with Crippen LogP contribution in [0.5, 0.6) is 0 Å². The fourth-order valence-electron chi connectivity index (χ4n) is 3.52. The third-order valence-corrected chi connectivity index (χ3v) is 5.83. The molecule has 0 aromatic carbocycles. The van der Waals surface area contributed by atoms with E-state index in [2.05, 4.69) is 37.2 Å². The molecule has 0 spiro atoms. The summed E-state index contributed by atoms with van der Waals surface area (Å²) in [4.78, 5) is 4.21. The fourth-order valence-corrected chi connectivity index (χ4v) is 4.58. The van der Waals surface area contributed by atoms with Crippen molar-refractivity contribution in [3.63, 3.8) is 0 Å². The van der Waals surface area contributed by atoms with Gasteiger partial charge in [0.1, 0.15) is 0 Å². The Kier molecular flexibility index (Phi) is 2.02. The van der Waals surface area contributed by atoms with Crippen LogP contribution in [0.3, 0.4) is 0 Å². The molecule has 1 unspecified atom stereocenters. The molecule has 3 atom stereocenters. The molecule has 1 aliphatic heterocycles. The maximum absolute atomic E-state index is 2.56. The molecule has 2 aliphatic rings. The molecule has 0 radical (unpaired) electrons. The Morgan fingerprint density at radius 3 is 3.13 bits per heavy atom. The Morgan fingerprint density at radius 1 is 1.53 bits per heavy atom. The zero-order chi connectivity index (χ0) is 10.6. The number of hydrogen-bond acceptors (Lipinski definition) is 2. The third kappa shape index (κ3) is 1.18. The molecule has 0 saturated carbocycles. The van der Waals surface area contributed by atoms with E-state index in [0.29, 0.717) is 5.41 Å². The first-order valence-electron chi connectivity index (χ1n) is 5.90. The minimum absolute atomic E-state index is 0.449. The van der Waals surface area contributed by atoms with Crippen molar-refractivity contribution in [2.24, 2.45) is 5.92 Å². The van der Waals surface area contributed by atoms with Crippen LogP contribution >= 0.6 is 11.3 Å². The van der Waals surface area contributed by atoms with Gasteiger partial charge in [-0.05, 0) is 54.8 Å². The number of fused-ring (bicyclic) bond motifs is 4. The second-order valence-corrected chi connectivity index (χ2v) is 6.47. The number of nitrogens with zero attached hydrogens (tertiary/aromatic N) is 1. The first kappa shape index (κ1) is 9.86. The summed E-state index contributed by atoms with van der Waals surface area (Å²) in [5.41, 5.74) is 2.11. The van der Waals surface area contributed by atoms with Crippen LogP contribution in [-0.4, -0.2) is 24.5 Å². The van der Waals surface area contributed by atoms with E-state index in [4.69, 9.17) is 0 Å². The van der Waals surface area contributed by atoms with Crippen molar-refractivity contribution in [1.82, 2.24) is 4.90 Å². The second kappa shape index (κ2) is 3.08. The van der Waals surface area contributed by atoms with Crippen molar-refractivity contribution in [2.45, 2.75) is 38.1 Å². The van der Waals surface area contributed by atoms with E-state index in [-0.39, 0.29) is 0 Å². The van der Waals surface area contributed by atoms with Crippen LogP contribution in [0.4, 0.5) is 0 Å². The Morgan fingerprint density at radius 2 is 2.33 bits per heavy atom. The lowest BCUT2D eigenvalue weighted by atomic mass is 9.61. The highest BCUT2D eigenvalue weighted by Crippen LogP contribution is 2.49. The molecular formula is C13H19NS. The molecule has 1 aliphatic carbocycles. The van der Waals surface area contributed by atoms with Gasteiger partial charge in [0, 0.05) is 10.9 Å². The molecule has 1 aromatic rings. The van der Waals surface area contributed by atoms with Crippen LogP contribution in [0.25, 0.3) is 0 Å². The smallest absolute Gasteiger partial charge is 0.0175 e. The summed E-state index contributed by atoms with van der Waals surface area (Å²) >= 11 is 1.96. The molecule has 1 aromatic heterocycles. The average Bonchev–Trinajstić information content (AvgIpc) is 2.66. The lowest BCUT2D eigenvalue weighted by Gasteiger charge is -2.52. The van der Waals surface area contributed by atoms with E-state index in [1.807, 2.05) is 11.3 Å². The molecule has 2 bridgehead atoms. The van der Waals surface area contributed by atoms with E-state index in [9.17, 15) is 0 Å². The molecule has 0 amide bonds. The monoisotopic (exact) mass is 221 g/mol. The largest absolute Gasteiger partial charge is 0.303 e. The SMILES string of the molecule is C[C@@H]1C2Cc3sccc3[C@]1(C)CCN2C. The molecule has 1 saturated heterocycles. The minimum Gasteiger partial charge on any atom is -0.303 e. The van der Waals surface area contributed by atoms with E-state index in [1.54, 1.807) is 10.4 Å². The van der Waals surface area contributed by atoms with Crippen molar-refractivity contribution in [3.05, 3.63) is 21.9 Å². The van der Waals surface area contributed by atoms with Gasteiger partial charge in [-0.15, -0.1) is 11.3 Å². The van der Waals surface area contributed by atoms with Gasteiger partial charge in [-0.3, -0.25) is 0 Å². The van der Waals surface area contributed by atoms with Gasteiger partial charge in [-0.2, -0.15) is 0 Å². The van der Waals surface area contributed by atoms with E-state index in [1.165, 1.54) is 19.4 Å². The topological polar surface area (TPSA) is 3.24 Å². The van der Waals surface area contributed by atoms with Gasteiger partial charge in [0.15, 0.2) is 0 Å². The molecule has 0 N–H and O–H groups in total. The number of likely N-dealkylation sites (tertiary alicyclic amines) is 1. The molecule has 3 rings (SSSR count). The van der Waals surface area contributed by atoms with Crippen molar-refractivity contribution < 1.29 is 0 Å². The molecule has 1 nitrogen and oxygen atoms in total. The Labute approximate surface area is 96.1 Å². The number of thiophene rings is 1. The molecule has 1 fully saturated rings. The first-order chi connectivity index (χ1) is 7.13. The highest BCUT2D eigenvalue weighted by Gasteiger charge is 2.47. The van der Waals surface area contributed by atoms with Gasteiger partial charge >= 0.3 is 0 Å². The van der Waals surface area contributed by atoms with Crippen LogP contribution in [0.2, 0.25) is 0 Å². The number of rotatable bonds is 0. The predicted octanol–water partition coefficient (Wildman–Crippen LogP) is 2.90. The highest BCUT2D eigenvalue weighted by atomic mass is 32.1. The predicted molar refractivity (Wildman–Crippen MR) is 65.6 cm³/mol.